The molecule has 1 heterocycles. The molecule has 0 radical (unpaired) electrons. The minimum atomic E-state index is -4.76. The quantitative estimate of drug-likeness (QED) is 0.709. The number of aromatic nitrogens is 3. The second kappa shape index (κ2) is 4.04. The second-order valence-electron chi connectivity index (χ2n) is 2.84. The first-order valence-corrected chi connectivity index (χ1v) is 5.75. The molecule has 0 aliphatic rings. The molecule has 1 aromatic rings. The molecule has 0 saturated heterocycles. The Hall–Kier alpha value is -0.980. The standard InChI is InChI=1S/C7H12FN3O2S/c1-3-5-11-6(4-2)9-10-7(11)14(8,12)13/h3-5H2,1-2H3. The molecule has 0 atom stereocenters. The average Bonchev–Trinajstić information content (AvgIpc) is 2.47. The number of halogens is 1. The monoisotopic (exact) mass is 221 g/mol. The molecular formula is C7H12FN3O2S. The van der Waals surface area contributed by atoms with Gasteiger partial charge in [-0.2, -0.15) is 8.42 Å². The zero-order chi connectivity index (χ0) is 10.8. The maximum Gasteiger partial charge on any atom is 0.368 e. The lowest BCUT2D eigenvalue weighted by Crippen LogP contribution is -2.09. The Kier molecular flexibility index (Phi) is 3.20. The molecule has 0 aliphatic heterocycles. The van der Waals surface area contributed by atoms with E-state index in [1.165, 1.54) is 4.57 Å². The number of nitrogens with zero attached hydrogens (tertiary/aromatic N) is 3. The summed E-state index contributed by atoms with van der Waals surface area (Å²) in [6, 6.07) is 0. The summed E-state index contributed by atoms with van der Waals surface area (Å²) >= 11 is 0. The molecule has 0 saturated carbocycles. The summed E-state index contributed by atoms with van der Waals surface area (Å²) in [7, 11) is -4.76. The van der Waals surface area contributed by atoms with Crippen molar-refractivity contribution in [3.05, 3.63) is 5.82 Å². The fourth-order valence-electron chi connectivity index (χ4n) is 1.21. The highest BCUT2D eigenvalue weighted by Crippen LogP contribution is 2.12. The van der Waals surface area contributed by atoms with E-state index in [-0.39, 0.29) is 0 Å². The molecule has 0 aliphatic carbocycles. The van der Waals surface area contributed by atoms with Gasteiger partial charge >= 0.3 is 10.2 Å². The van der Waals surface area contributed by atoms with Crippen molar-refractivity contribution in [2.45, 2.75) is 38.4 Å². The van der Waals surface area contributed by atoms with Crippen molar-refractivity contribution in [2.75, 3.05) is 0 Å². The van der Waals surface area contributed by atoms with Crippen LogP contribution in [0.2, 0.25) is 0 Å². The third-order valence-electron chi connectivity index (χ3n) is 1.77. The largest absolute Gasteiger partial charge is 0.368 e. The van der Waals surface area contributed by atoms with Gasteiger partial charge in [-0.1, -0.05) is 17.7 Å². The van der Waals surface area contributed by atoms with E-state index in [0.717, 1.165) is 0 Å². The van der Waals surface area contributed by atoms with Crippen molar-refractivity contribution >= 4 is 10.2 Å². The van der Waals surface area contributed by atoms with E-state index in [9.17, 15) is 12.3 Å². The van der Waals surface area contributed by atoms with Crippen LogP contribution < -0.4 is 0 Å². The third kappa shape index (κ3) is 2.09. The van der Waals surface area contributed by atoms with Gasteiger partial charge < -0.3 is 0 Å². The number of rotatable bonds is 4. The molecule has 0 aromatic carbocycles. The van der Waals surface area contributed by atoms with Gasteiger partial charge in [0.1, 0.15) is 5.82 Å². The van der Waals surface area contributed by atoms with E-state index in [2.05, 4.69) is 10.2 Å². The van der Waals surface area contributed by atoms with Crippen LogP contribution in [0.15, 0.2) is 5.16 Å². The molecule has 0 unspecified atom stereocenters. The van der Waals surface area contributed by atoms with Crippen molar-refractivity contribution in [1.82, 2.24) is 14.8 Å². The Bertz CT molecular complexity index is 413. The lowest BCUT2D eigenvalue weighted by atomic mass is 10.4. The van der Waals surface area contributed by atoms with Gasteiger partial charge in [0.15, 0.2) is 0 Å². The number of hydrogen-bond donors (Lipinski definition) is 0. The van der Waals surface area contributed by atoms with Crippen LogP contribution in [0.5, 0.6) is 0 Å². The van der Waals surface area contributed by atoms with Gasteiger partial charge in [0.2, 0.25) is 0 Å². The predicted molar refractivity (Wildman–Crippen MR) is 48.0 cm³/mol. The molecular weight excluding hydrogens is 209 g/mol. The van der Waals surface area contributed by atoms with Crippen molar-refractivity contribution < 1.29 is 12.3 Å². The smallest absolute Gasteiger partial charge is 0.300 e. The summed E-state index contributed by atoms with van der Waals surface area (Å²) in [4.78, 5) is 0. The van der Waals surface area contributed by atoms with Crippen LogP contribution in [-0.2, 0) is 23.2 Å². The molecule has 0 fully saturated rings. The summed E-state index contributed by atoms with van der Waals surface area (Å²) in [5.41, 5.74) is 0. The second-order valence-corrected chi connectivity index (χ2v) is 4.08. The lowest BCUT2D eigenvalue weighted by molar-refractivity contribution is 0.514. The first-order valence-electron chi connectivity index (χ1n) is 4.37. The molecule has 0 N–H and O–H groups in total. The third-order valence-corrected chi connectivity index (χ3v) is 2.51. The van der Waals surface area contributed by atoms with E-state index in [1.807, 2.05) is 13.8 Å². The number of aryl methyl sites for hydroxylation is 1. The van der Waals surface area contributed by atoms with Crippen LogP contribution in [0.4, 0.5) is 3.89 Å². The number of hydrogen-bond acceptors (Lipinski definition) is 4. The highest BCUT2D eigenvalue weighted by Gasteiger charge is 2.22. The average molecular weight is 221 g/mol. The zero-order valence-electron chi connectivity index (χ0n) is 8.07. The Labute approximate surface area is 82.2 Å². The Morgan fingerprint density at radius 1 is 1.36 bits per heavy atom. The van der Waals surface area contributed by atoms with Gasteiger partial charge in [-0.25, -0.2) is 0 Å². The van der Waals surface area contributed by atoms with Crippen LogP contribution >= 0.6 is 0 Å². The highest BCUT2D eigenvalue weighted by atomic mass is 32.3. The molecule has 14 heavy (non-hydrogen) atoms. The topological polar surface area (TPSA) is 64.8 Å². The van der Waals surface area contributed by atoms with Gasteiger partial charge in [-0.05, 0) is 6.42 Å². The van der Waals surface area contributed by atoms with E-state index < -0.39 is 15.4 Å². The summed E-state index contributed by atoms with van der Waals surface area (Å²) in [6.07, 6.45) is 1.23. The maximum atomic E-state index is 12.7. The summed E-state index contributed by atoms with van der Waals surface area (Å²) in [6.45, 7) is 4.09. The fourth-order valence-corrected chi connectivity index (χ4v) is 1.81. The van der Waals surface area contributed by atoms with Crippen LogP contribution in [-0.4, -0.2) is 23.2 Å². The van der Waals surface area contributed by atoms with E-state index in [4.69, 9.17) is 0 Å². The molecule has 1 rings (SSSR count). The van der Waals surface area contributed by atoms with E-state index >= 15 is 0 Å². The molecule has 0 bridgehead atoms. The van der Waals surface area contributed by atoms with Gasteiger partial charge in [-0.3, -0.25) is 4.57 Å². The summed E-state index contributed by atoms with van der Waals surface area (Å²) in [5, 5.41) is 6.35. The fraction of sp³-hybridized carbons (Fsp3) is 0.714. The normalized spacial score (nSPS) is 11.9. The van der Waals surface area contributed by atoms with Crippen molar-refractivity contribution in [1.29, 1.82) is 0 Å². The lowest BCUT2D eigenvalue weighted by Gasteiger charge is -2.04. The highest BCUT2D eigenvalue weighted by molar-refractivity contribution is 7.86. The first kappa shape index (κ1) is 11.1. The molecule has 0 amide bonds. The zero-order valence-corrected chi connectivity index (χ0v) is 8.88. The molecule has 7 heteroatoms. The molecule has 0 spiro atoms. The van der Waals surface area contributed by atoms with Crippen LogP contribution in [0.25, 0.3) is 0 Å². The minimum Gasteiger partial charge on any atom is -0.300 e. The van der Waals surface area contributed by atoms with Gasteiger partial charge in [0, 0.05) is 13.0 Å². The Morgan fingerprint density at radius 3 is 2.43 bits per heavy atom. The van der Waals surface area contributed by atoms with Crippen LogP contribution in [0, 0.1) is 0 Å². The van der Waals surface area contributed by atoms with Crippen molar-refractivity contribution in [3.63, 3.8) is 0 Å². The van der Waals surface area contributed by atoms with Crippen LogP contribution in [0.3, 0.4) is 0 Å². The molecule has 1 aromatic heterocycles. The van der Waals surface area contributed by atoms with Gasteiger partial charge in [0.25, 0.3) is 5.16 Å². The Balaban J connectivity index is 3.24. The van der Waals surface area contributed by atoms with Gasteiger partial charge in [0.05, 0.1) is 0 Å². The Morgan fingerprint density at radius 2 is 2.00 bits per heavy atom. The first-order chi connectivity index (χ1) is 6.50. The summed E-state index contributed by atoms with van der Waals surface area (Å²) in [5.74, 6) is 0.489. The predicted octanol–water partition coefficient (Wildman–Crippen LogP) is 0.909. The van der Waals surface area contributed by atoms with Gasteiger partial charge in [-0.15, -0.1) is 10.2 Å². The minimum absolute atomic E-state index is 0.411. The SMILES string of the molecule is CCCn1c(CC)nnc1S(=O)(=O)F. The van der Waals surface area contributed by atoms with Crippen molar-refractivity contribution in [2.24, 2.45) is 0 Å². The van der Waals surface area contributed by atoms with E-state index in [1.54, 1.807) is 0 Å². The summed E-state index contributed by atoms with van der Waals surface area (Å²) < 4.78 is 35.3. The maximum absolute atomic E-state index is 12.7. The van der Waals surface area contributed by atoms with Crippen LogP contribution in [0.1, 0.15) is 26.1 Å². The molecule has 5 nitrogen and oxygen atoms in total. The van der Waals surface area contributed by atoms with E-state index in [0.29, 0.717) is 25.2 Å². The molecule has 80 valence electrons. The van der Waals surface area contributed by atoms with Crippen molar-refractivity contribution in [3.8, 4) is 0 Å².